The Morgan fingerprint density at radius 1 is 0.964 bits per heavy atom. The molecule has 1 aromatic heterocycles. The monoisotopic (exact) mass is 370 g/mol. The van der Waals surface area contributed by atoms with Gasteiger partial charge in [-0.3, -0.25) is 4.79 Å². The standard InChI is InChI=1S/C24H19FN2O/c1-15-22(20-8-4-5-9-21(20)26-15)23-18-6-2-3-7-19(18)24(28)27(23)14-16-10-12-17(25)13-11-16/h2-13,23,26H,14H2,1H3/t23-/m0/s1. The van der Waals surface area contributed by atoms with Gasteiger partial charge in [0, 0.05) is 34.3 Å². The van der Waals surface area contributed by atoms with Crippen LogP contribution in [0, 0.1) is 12.7 Å². The van der Waals surface area contributed by atoms with Gasteiger partial charge < -0.3 is 9.88 Å². The van der Waals surface area contributed by atoms with E-state index < -0.39 is 0 Å². The first-order valence-electron chi connectivity index (χ1n) is 9.35. The van der Waals surface area contributed by atoms with Crippen LogP contribution >= 0.6 is 0 Å². The molecule has 1 aliphatic heterocycles. The molecule has 3 nitrogen and oxygen atoms in total. The van der Waals surface area contributed by atoms with Gasteiger partial charge in [0.15, 0.2) is 0 Å². The summed E-state index contributed by atoms with van der Waals surface area (Å²) in [6, 6.07) is 22.2. The molecule has 0 bridgehead atoms. The normalized spacial score (nSPS) is 16.0. The number of para-hydroxylation sites is 1. The van der Waals surface area contributed by atoms with Crippen LogP contribution in [0.3, 0.4) is 0 Å². The second-order valence-electron chi connectivity index (χ2n) is 7.26. The van der Waals surface area contributed by atoms with E-state index in [0.29, 0.717) is 6.54 Å². The van der Waals surface area contributed by atoms with Gasteiger partial charge in [-0.15, -0.1) is 0 Å². The molecule has 3 aromatic carbocycles. The highest BCUT2D eigenvalue weighted by atomic mass is 19.1. The number of rotatable bonds is 3. The van der Waals surface area contributed by atoms with Crippen molar-refractivity contribution < 1.29 is 9.18 Å². The summed E-state index contributed by atoms with van der Waals surface area (Å²) in [5.41, 5.74) is 5.90. The molecule has 0 saturated carbocycles. The lowest BCUT2D eigenvalue weighted by Crippen LogP contribution is -2.28. The molecule has 0 aliphatic carbocycles. The zero-order chi connectivity index (χ0) is 19.3. The predicted octanol–water partition coefficient (Wildman–Crippen LogP) is 5.36. The van der Waals surface area contributed by atoms with Crippen LogP contribution in [-0.4, -0.2) is 15.8 Å². The van der Waals surface area contributed by atoms with Gasteiger partial charge in [0.1, 0.15) is 5.82 Å². The molecule has 1 amide bonds. The summed E-state index contributed by atoms with van der Waals surface area (Å²) < 4.78 is 13.3. The predicted molar refractivity (Wildman–Crippen MR) is 108 cm³/mol. The van der Waals surface area contributed by atoms with Crippen molar-refractivity contribution in [1.29, 1.82) is 0 Å². The molecule has 2 heterocycles. The topological polar surface area (TPSA) is 36.1 Å². The zero-order valence-electron chi connectivity index (χ0n) is 15.4. The Hall–Kier alpha value is -3.40. The van der Waals surface area contributed by atoms with E-state index in [0.717, 1.165) is 38.9 Å². The Morgan fingerprint density at radius 2 is 1.68 bits per heavy atom. The van der Waals surface area contributed by atoms with Crippen molar-refractivity contribution in [3.8, 4) is 0 Å². The summed E-state index contributed by atoms with van der Waals surface area (Å²) in [4.78, 5) is 18.6. The maximum absolute atomic E-state index is 13.3. The van der Waals surface area contributed by atoms with Crippen molar-refractivity contribution in [3.05, 3.63) is 107 Å². The van der Waals surface area contributed by atoms with E-state index in [9.17, 15) is 9.18 Å². The fourth-order valence-corrected chi connectivity index (χ4v) is 4.28. The fraction of sp³-hybridized carbons (Fsp3) is 0.125. The van der Waals surface area contributed by atoms with Gasteiger partial charge in [0.05, 0.1) is 6.04 Å². The first-order chi connectivity index (χ1) is 13.6. The molecule has 5 rings (SSSR count). The van der Waals surface area contributed by atoms with E-state index >= 15 is 0 Å². The van der Waals surface area contributed by atoms with E-state index in [2.05, 4.69) is 24.0 Å². The van der Waals surface area contributed by atoms with E-state index in [1.807, 2.05) is 41.3 Å². The molecule has 1 N–H and O–H groups in total. The number of fused-ring (bicyclic) bond motifs is 2. The summed E-state index contributed by atoms with van der Waals surface area (Å²) in [5, 5.41) is 1.12. The molecule has 0 spiro atoms. The summed E-state index contributed by atoms with van der Waals surface area (Å²) >= 11 is 0. The molecule has 0 radical (unpaired) electrons. The van der Waals surface area contributed by atoms with Gasteiger partial charge in [-0.25, -0.2) is 4.39 Å². The van der Waals surface area contributed by atoms with Crippen molar-refractivity contribution in [1.82, 2.24) is 9.88 Å². The molecule has 0 saturated heterocycles. The van der Waals surface area contributed by atoms with Crippen molar-refractivity contribution in [2.45, 2.75) is 19.5 Å². The Kier molecular flexibility index (Phi) is 3.79. The van der Waals surface area contributed by atoms with Crippen LogP contribution < -0.4 is 0 Å². The molecule has 1 aliphatic rings. The third-order valence-electron chi connectivity index (χ3n) is 5.54. The van der Waals surface area contributed by atoms with E-state index in [-0.39, 0.29) is 17.8 Å². The number of nitrogens with one attached hydrogen (secondary N) is 1. The minimum atomic E-state index is -0.274. The number of nitrogens with zero attached hydrogens (tertiary/aromatic N) is 1. The maximum Gasteiger partial charge on any atom is 0.255 e. The first-order valence-corrected chi connectivity index (χ1v) is 9.35. The Morgan fingerprint density at radius 3 is 2.50 bits per heavy atom. The number of amides is 1. The van der Waals surface area contributed by atoms with Gasteiger partial charge in [-0.1, -0.05) is 48.5 Å². The number of halogens is 1. The second kappa shape index (κ2) is 6.34. The largest absolute Gasteiger partial charge is 0.358 e. The molecular weight excluding hydrogens is 351 g/mol. The number of aryl methyl sites for hydroxylation is 1. The molecule has 1 atom stereocenters. The number of carbonyl (C=O) groups excluding carboxylic acids is 1. The minimum absolute atomic E-state index is 0.00889. The highest BCUT2D eigenvalue weighted by Crippen LogP contribution is 2.43. The lowest BCUT2D eigenvalue weighted by molar-refractivity contribution is 0.0736. The highest BCUT2D eigenvalue weighted by Gasteiger charge is 2.39. The minimum Gasteiger partial charge on any atom is -0.358 e. The third-order valence-corrected chi connectivity index (χ3v) is 5.54. The van der Waals surface area contributed by atoms with Gasteiger partial charge in [0.2, 0.25) is 0 Å². The fourth-order valence-electron chi connectivity index (χ4n) is 4.28. The number of hydrogen-bond donors (Lipinski definition) is 1. The van der Waals surface area contributed by atoms with E-state index in [1.165, 1.54) is 12.1 Å². The number of aromatic amines is 1. The summed E-state index contributed by atoms with van der Waals surface area (Å²) in [6.45, 7) is 2.48. The number of benzene rings is 3. The van der Waals surface area contributed by atoms with Crippen molar-refractivity contribution in [2.75, 3.05) is 0 Å². The average molecular weight is 370 g/mol. The van der Waals surface area contributed by atoms with Crippen molar-refractivity contribution in [3.63, 3.8) is 0 Å². The molecule has 0 unspecified atom stereocenters. The van der Waals surface area contributed by atoms with Crippen molar-refractivity contribution in [2.24, 2.45) is 0 Å². The first kappa shape index (κ1) is 16.8. The van der Waals surface area contributed by atoms with E-state index in [4.69, 9.17) is 0 Å². The Bertz CT molecular complexity index is 1190. The summed E-state index contributed by atoms with van der Waals surface area (Å²) in [6.07, 6.45) is 0. The van der Waals surface area contributed by atoms with Gasteiger partial charge in [0.25, 0.3) is 5.91 Å². The second-order valence-corrected chi connectivity index (χ2v) is 7.26. The van der Waals surface area contributed by atoms with Crippen LogP contribution in [0.2, 0.25) is 0 Å². The zero-order valence-corrected chi connectivity index (χ0v) is 15.4. The smallest absolute Gasteiger partial charge is 0.255 e. The summed E-state index contributed by atoms with van der Waals surface area (Å²) in [5.74, 6) is -0.265. The quantitative estimate of drug-likeness (QED) is 0.518. The molecule has 0 fully saturated rings. The lowest BCUT2D eigenvalue weighted by atomic mass is 9.95. The number of aromatic nitrogens is 1. The highest BCUT2D eigenvalue weighted by molar-refractivity contribution is 6.01. The van der Waals surface area contributed by atoms with Crippen LogP contribution in [0.4, 0.5) is 4.39 Å². The number of carbonyl (C=O) groups is 1. The van der Waals surface area contributed by atoms with Gasteiger partial charge in [-0.05, 0) is 42.3 Å². The lowest BCUT2D eigenvalue weighted by Gasteiger charge is -2.26. The SMILES string of the molecule is Cc1[nH]c2ccccc2c1[C@@H]1c2ccccc2C(=O)N1Cc1ccc(F)cc1. The molecule has 4 aromatic rings. The Labute approximate surface area is 162 Å². The average Bonchev–Trinajstić information content (AvgIpc) is 3.17. The van der Waals surface area contributed by atoms with Crippen LogP contribution in [0.5, 0.6) is 0 Å². The Balaban J connectivity index is 1.68. The number of hydrogen-bond acceptors (Lipinski definition) is 1. The molecular formula is C24H19FN2O. The van der Waals surface area contributed by atoms with Crippen LogP contribution in [0.1, 0.15) is 38.8 Å². The maximum atomic E-state index is 13.3. The van der Waals surface area contributed by atoms with Gasteiger partial charge in [-0.2, -0.15) is 0 Å². The van der Waals surface area contributed by atoms with Crippen LogP contribution in [-0.2, 0) is 6.54 Å². The van der Waals surface area contributed by atoms with Gasteiger partial charge >= 0.3 is 0 Å². The third kappa shape index (κ3) is 2.53. The molecule has 4 heteroatoms. The summed E-state index contributed by atoms with van der Waals surface area (Å²) in [7, 11) is 0. The molecule has 28 heavy (non-hydrogen) atoms. The van der Waals surface area contributed by atoms with E-state index in [1.54, 1.807) is 12.1 Å². The van der Waals surface area contributed by atoms with Crippen LogP contribution in [0.25, 0.3) is 10.9 Å². The molecule has 138 valence electrons. The number of H-pyrrole nitrogens is 1. The van der Waals surface area contributed by atoms with Crippen LogP contribution in [0.15, 0.2) is 72.8 Å². The van der Waals surface area contributed by atoms with Crippen molar-refractivity contribution >= 4 is 16.8 Å².